The minimum Gasteiger partial charge on any atom is -0.323 e. The average molecular weight is 469 g/mol. The fourth-order valence-corrected chi connectivity index (χ4v) is 5.00. The van der Waals surface area contributed by atoms with Crippen LogP contribution in [0.1, 0.15) is 25.7 Å². The van der Waals surface area contributed by atoms with Crippen LogP contribution in [0.2, 0.25) is 5.02 Å². The summed E-state index contributed by atoms with van der Waals surface area (Å²) in [5, 5.41) is 13.5. The van der Waals surface area contributed by atoms with Crippen molar-refractivity contribution in [2.75, 3.05) is 18.4 Å². The molecule has 2 heterocycles. The monoisotopic (exact) mass is 468 g/mol. The largest absolute Gasteiger partial charge is 0.323 e. The number of amides is 1. The molecule has 1 amide bonds. The molecular formula is C19H21ClN4O6S. The van der Waals surface area contributed by atoms with E-state index in [9.17, 15) is 28.1 Å². The first-order valence-corrected chi connectivity index (χ1v) is 11.4. The van der Waals surface area contributed by atoms with Crippen LogP contribution in [0.15, 0.2) is 46.2 Å². The number of hydrogen-bond acceptors (Lipinski definition) is 6. The van der Waals surface area contributed by atoms with E-state index < -0.39 is 33.0 Å². The molecule has 0 spiro atoms. The molecule has 1 aromatic carbocycles. The Bertz CT molecular complexity index is 1160. The van der Waals surface area contributed by atoms with E-state index in [4.69, 9.17) is 11.6 Å². The Morgan fingerprint density at radius 2 is 1.81 bits per heavy atom. The quantitative estimate of drug-likeness (QED) is 0.512. The Morgan fingerprint density at radius 1 is 1.13 bits per heavy atom. The van der Waals surface area contributed by atoms with Crippen LogP contribution in [0.3, 0.4) is 0 Å². The lowest BCUT2D eigenvalue weighted by Gasteiger charge is -2.20. The van der Waals surface area contributed by atoms with Crippen molar-refractivity contribution < 1.29 is 18.1 Å². The van der Waals surface area contributed by atoms with Crippen molar-refractivity contribution in [1.82, 2.24) is 8.87 Å². The fourth-order valence-electron chi connectivity index (χ4n) is 3.29. The number of carbonyl (C=O) groups excluding carboxylic acids is 1. The minimum atomic E-state index is -3.75. The molecule has 3 rings (SSSR count). The van der Waals surface area contributed by atoms with Crippen molar-refractivity contribution in [2.24, 2.45) is 0 Å². The highest BCUT2D eigenvalue weighted by molar-refractivity contribution is 7.89. The van der Waals surface area contributed by atoms with Gasteiger partial charge in [0.2, 0.25) is 15.9 Å². The zero-order chi connectivity index (χ0) is 22.6. The van der Waals surface area contributed by atoms with Gasteiger partial charge in [0.25, 0.3) is 11.2 Å². The second-order valence-corrected chi connectivity index (χ2v) is 9.46. The number of carbonyl (C=O) groups is 1. The number of rotatable bonds is 6. The predicted molar refractivity (Wildman–Crippen MR) is 115 cm³/mol. The van der Waals surface area contributed by atoms with Crippen molar-refractivity contribution >= 4 is 38.9 Å². The molecule has 10 nitrogen and oxygen atoms in total. The molecule has 1 aliphatic heterocycles. The maximum atomic E-state index is 13.0. The number of anilines is 1. The molecule has 0 atom stereocenters. The molecule has 2 aromatic rings. The zero-order valence-electron chi connectivity index (χ0n) is 16.5. The molecule has 12 heteroatoms. The van der Waals surface area contributed by atoms with Crippen LogP contribution in [0, 0.1) is 10.1 Å². The normalized spacial score (nSPS) is 15.3. The SMILES string of the molecule is O=C(Cn1cc([N+](=O)[O-])ccc1=O)Nc1cc(S(=O)(=O)N2CCCCCC2)ccc1Cl. The number of hydrogen-bond donors (Lipinski definition) is 1. The van der Waals surface area contributed by atoms with Gasteiger partial charge in [0.15, 0.2) is 0 Å². The summed E-state index contributed by atoms with van der Waals surface area (Å²) in [4.78, 5) is 34.5. The minimum absolute atomic E-state index is 0.00150. The topological polar surface area (TPSA) is 132 Å². The molecule has 0 unspecified atom stereocenters. The van der Waals surface area contributed by atoms with Gasteiger partial charge in [-0.25, -0.2) is 8.42 Å². The average Bonchev–Trinajstić information content (AvgIpc) is 3.01. The van der Waals surface area contributed by atoms with Gasteiger partial charge in [-0.05, 0) is 31.0 Å². The van der Waals surface area contributed by atoms with E-state index >= 15 is 0 Å². The third-order valence-electron chi connectivity index (χ3n) is 4.91. The van der Waals surface area contributed by atoms with E-state index in [-0.39, 0.29) is 21.3 Å². The smallest absolute Gasteiger partial charge is 0.285 e. The molecule has 0 radical (unpaired) electrons. The van der Waals surface area contributed by atoms with Crippen LogP contribution in [0.5, 0.6) is 0 Å². The van der Waals surface area contributed by atoms with Gasteiger partial charge in [0, 0.05) is 25.2 Å². The lowest BCUT2D eigenvalue weighted by molar-refractivity contribution is -0.385. The summed E-state index contributed by atoms with van der Waals surface area (Å²) >= 11 is 6.12. The maximum absolute atomic E-state index is 13.0. The van der Waals surface area contributed by atoms with Crippen LogP contribution in [-0.2, 0) is 21.4 Å². The predicted octanol–water partition coefficient (Wildman–Crippen LogP) is 2.61. The van der Waals surface area contributed by atoms with E-state index in [1.165, 1.54) is 22.5 Å². The summed E-state index contributed by atoms with van der Waals surface area (Å²) in [6, 6.07) is 6.07. The molecule has 0 bridgehead atoms. The molecule has 1 N–H and O–H groups in total. The van der Waals surface area contributed by atoms with E-state index in [0.29, 0.717) is 13.1 Å². The van der Waals surface area contributed by atoms with Crippen LogP contribution in [0.4, 0.5) is 11.4 Å². The molecule has 1 fully saturated rings. The lowest BCUT2D eigenvalue weighted by atomic mass is 10.2. The van der Waals surface area contributed by atoms with Gasteiger partial charge in [0.05, 0.1) is 26.7 Å². The number of benzene rings is 1. The second-order valence-electron chi connectivity index (χ2n) is 7.12. The number of nitro groups is 1. The van der Waals surface area contributed by atoms with E-state index in [2.05, 4.69) is 5.32 Å². The fraction of sp³-hybridized carbons (Fsp3) is 0.368. The van der Waals surface area contributed by atoms with Gasteiger partial charge in [-0.2, -0.15) is 4.31 Å². The standard InChI is InChI=1S/C19H21ClN4O6S/c20-16-7-6-15(31(29,30)23-9-3-1-2-4-10-23)11-17(16)21-18(25)13-22-12-14(24(27)28)5-8-19(22)26/h5-8,11-12H,1-4,9-10,13H2,(H,21,25). The van der Waals surface area contributed by atoms with Gasteiger partial charge >= 0.3 is 0 Å². The van der Waals surface area contributed by atoms with Crippen LogP contribution in [0.25, 0.3) is 0 Å². The first-order chi connectivity index (χ1) is 14.7. The third kappa shape index (κ3) is 5.49. The number of nitrogens with zero attached hydrogens (tertiary/aromatic N) is 3. The molecule has 1 aromatic heterocycles. The third-order valence-corrected chi connectivity index (χ3v) is 7.13. The molecule has 1 saturated heterocycles. The number of aromatic nitrogens is 1. The molecule has 166 valence electrons. The number of pyridine rings is 1. The lowest BCUT2D eigenvalue weighted by Crippen LogP contribution is -2.32. The zero-order valence-corrected chi connectivity index (χ0v) is 18.1. The van der Waals surface area contributed by atoms with Gasteiger partial charge < -0.3 is 5.32 Å². The van der Waals surface area contributed by atoms with Gasteiger partial charge in [-0.1, -0.05) is 24.4 Å². The Labute approximate surface area is 183 Å². The summed E-state index contributed by atoms with van der Waals surface area (Å²) in [7, 11) is -3.75. The van der Waals surface area contributed by atoms with Crippen LogP contribution < -0.4 is 10.9 Å². The van der Waals surface area contributed by atoms with Crippen LogP contribution >= 0.6 is 11.6 Å². The van der Waals surface area contributed by atoms with Gasteiger partial charge in [-0.15, -0.1) is 0 Å². The van der Waals surface area contributed by atoms with E-state index in [0.717, 1.165) is 48.6 Å². The first-order valence-electron chi connectivity index (χ1n) is 9.63. The molecule has 1 aliphatic rings. The van der Waals surface area contributed by atoms with Crippen molar-refractivity contribution in [3.05, 3.63) is 62.0 Å². The molecule has 0 saturated carbocycles. The van der Waals surface area contributed by atoms with Crippen molar-refractivity contribution in [2.45, 2.75) is 37.1 Å². The van der Waals surface area contributed by atoms with Crippen molar-refractivity contribution in [3.63, 3.8) is 0 Å². The Morgan fingerprint density at radius 3 is 2.45 bits per heavy atom. The highest BCUT2D eigenvalue weighted by Crippen LogP contribution is 2.28. The highest BCUT2D eigenvalue weighted by atomic mass is 35.5. The summed E-state index contributed by atoms with van der Waals surface area (Å²) in [6.45, 7) is 0.366. The highest BCUT2D eigenvalue weighted by Gasteiger charge is 2.26. The van der Waals surface area contributed by atoms with E-state index in [1.807, 2.05) is 0 Å². The Hall–Kier alpha value is -2.76. The summed E-state index contributed by atoms with van der Waals surface area (Å²) in [5.74, 6) is -0.686. The van der Waals surface area contributed by atoms with Gasteiger partial charge in [-0.3, -0.25) is 24.3 Å². The number of sulfonamides is 1. The Balaban J connectivity index is 1.81. The summed E-state index contributed by atoms with van der Waals surface area (Å²) in [6.07, 6.45) is 4.49. The van der Waals surface area contributed by atoms with E-state index in [1.54, 1.807) is 0 Å². The van der Waals surface area contributed by atoms with Crippen molar-refractivity contribution in [3.8, 4) is 0 Å². The molecular weight excluding hydrogens is 448 g/mol. The van der Waals surface area contributed by atoms with Crippen molar-refractivity contribution in [1.29, 1.82) is 0 Å². The summed E-state index contributed by atoms with van der Waals surface area (Å²) in [5.41, 5.74) is -0.860. The maximum Gasteiger partial charge on any atom is 0.285 e. The Kier molecular flexibility index (Phi) is 7.08. The second kappa shape index (κ2) is 9.58. The summed E-state index contributed by atoms with van der Waals surface area (Å²) < 4.78 is 28.3. The number of halogens is 1. The first kappa shape index (κ1) is 22.9. The molecule has 0 aliphatic carbocycles. The molecule has 31 heavy (non-hydrogen) atoms. The number of nitrogens with one attached hydrogen (secondary N) is 1. The van der Waals surface area contributed by atoms with Crippen LogP contribution in [-0.4, -0.2) is 41.2 Å². The van der Waals surface area contributed by atoms with Gasteiger partial charge in [0.1, 0.15) is 6.54 Å².